The molecule has 1 aliphatic heterocycles. The summed E-state index contributed by atoms with van der Waals surface area (Å²) in [4.78, 5) is 10.6. The molecule has 3 rings (SSSR count). The summed E-state index contributed by atoms with van der Waals surface area (Å²) in [5.74, 6) is -4.64. The minimum atomic E-state index is -1.55. The quantitative estimate of drug-likeness (QED) is 0.448. The van der Waals surface area contributed by atoms with Crippen molar-refractivity contribution in [2.75, 3.05) is 13.7 Å². The van der Waals surface area contributed by atoms with E-state index in [1.807, 2.05) is 24.3 Å². The zero-order chi connectivity index (χ0) is 22.4. The molecule has 166 valence electrons. The van der Waals surface area contributed by atoms with Gasteiger partial charge in [-0.2, -0.15) is 0 Å². The minimum absolute atomic E-state index is 0.0340. The highest BCUT2D eigenvalue weighted by Gasteiger charge is 2.35. The molecule has 0 bridgehead atoms. The van der Waals surface area contributed by atoms with Crippen molar-refractivity contribution in [3.63, 3.8) is 0 Å². The number of allylic oxidation sites excluding steroid dienone is 2. The molecule has 2 aromatic rings. The molecule has 1 fully saturated rings. The van der Waals surface area contributed by atoms with E-state index in [0.717, 1.165) is 17.7 Å². The molecule has 1 N–H and O–H groups in total. The van der Waals surface area contributed by atoms with Gasteiger partial charge in [-0.3, -0.25) is 4.79 Å². The fourth-order valence-electron chi connectivity index (χ4n) is 3.48. The Morgan fingerprint density at radius 2 is 1.90 bits per heavy atom. The average molecular weight is 436 g/mol. The van der Waals surface area contributed by atoms with E-state index < -0.39 is 35.8 Å². The molecule has 0 radical (unpaired) electrons. The maximum Gasteiger partial charge on any atom is 0.303 e. The third-order valence-electron chi connectivity index (χ3n) is 5.01. The van der Waals surface area contributed by atoms with Crippen molar-refractivity contribution in [2.45, 2.75) is 31.7 Å². The molecule has 3 atom stereocenters. The number of rotatable bonds is 8. The largest absolute Gasteiger partial charge is 0.496 e. The number of carboxylic acids is 1. The number of para-hydroxylation sites is 1. The standard InChI is InChI=1S/C23H23F3O5/c1-29-19-9-6-5-8-16(19)22-14(7-3-2-4-10-20(27)28)13-30-23(31-22)15-11-17(24)21(26)18(25)12-15/h2-3,5-6,8-9,11-12,14,22-23H,4,7,10,13H2,1H3,(H,27,28)/t14-,22+,23+/m1/s1. The zero-order valence-electron chi connectivity index (χ0n) is 16.9. The second kappa shape index (κ2) is 10.5. The molecule has 0 spiro atoms. The maximum absolute atomic E-state index is 13.7. The Hall–Kier alpha value is -2.84. The van der Waals surface area contributed by atoms with Gasteiger partial charge in [0.1, 0.15) is 5.75 Å². The van der Waals surface area contributed by atoms with Crippen LogP contribution >= 0.6 is 0 Å². The Bertz CT molecular complexity index is 924. The molecule has 8 heteroatoms. The number of carboxylic acid groups (broad SMARTS) is 1. The monoisotopic (exact) mass is 436 g/mol. The molecular formula is C23H23F3O5. The average Bonchev–Trinajstić information content (AvgIpc) is 2.76. The topological polar surface area (TPSA) is 65.0 Å². The minimum Gasteiger partial charge on any atom is -0.496 e. The third-order valence-corrected chi connectivity index (χ3v) is 5.01. The van der Waals surface area contributed by atoms with Gasteiger partial charge in [0.05, 0.1) is 19.8 Å². The van der Waals surface area contributed by atoms with Crippen molar-refractivity contribution >= 4 is 5.97 Å². The molecule has 0 amide bonds. The van der Waals surface area contributed by atoms with Crippen molar-refractivity contribution in [1.29, 1.82) is 0 Å². The molecular weight excluding hydrogens is 413 g/mol. The lowest BCUT2D eigenvalue weighted by Crippen LogP contribution is -2.31. The summed E-state index contributed by atoms with van der Waals surface area (Å²) < 4.78 is 58.0. The van der Waals surface area contributed by atoms with E-state index in [-0.39, 0.29) is 24.5 Å². The van der Waals surface area contributed by atoms with Crippen LogP contribution in [0.2, 0.25) is 0 Å². The van der Waals surface area contributed by atoms with Crippen molar-refractivity contribution in [1.82, 2.24) is 0 Å². The summed E-state index contributed by atoms with van der Waals surface area (Å²) in [6, 6.07) is 8.95. The molecule has 5 nitrogen and oxygen atoms in total. The number of hydrogen-bond donors (Lipinski definition) is 1. The Morgan fingerprint density at radius 3 is 2.58 bits per heavy atom. The Balaban J connectivity index is 1.84. The van der Waals surface area contributed by atoms with Crippen LogP contribution in [0.15, 0.2) is 48.6 Å². The van der Waals surface area contributed by atoms with E-state index in [9.17, 15) is 18.0 Å². The van der Waals surface area contributed by atoms with Gasteiger partial charge in [-0.05, 0) is 31.0 Å². The Kier molecular flexibility index (Phi) is 7.70. The summed E-state index contributed by atoms with van der Waals surface area (Å²) >= 11 is 0. The smallest absolute Gasteiger partial charge is 0.303 e. The van der Waals surface area contributed by atoms with Gasteiger partial charge >= 0.3 is 5.97 Å². The number of methoxy groups -OCH3 is 1. The Labute approximate surface area is 178 Å². The number of benzene rings is 2. The number of hydrogen-bond acceptors (Lipinski definition) is 4. The van der Waals surface area contributed by atoms with Crippen molar-refractivity contribution in [3.05, 3.63) is 77.1 Å². The third kappa shape index (κ3) is 5.65. The second-order valence-corrected chi connectivity index (χ2v) is 7.16. The van der Waals surface area contributed by atoms with Gasteiger partial charge in [-0.25, -0.2) is 13.2 Å². The lowest BCUT2D eigenvalue weighted by molar-refractivity contribution is -0.244. The van der Waals surface area contributed by atoms with Crippen LogP contribution in [0.25, 0.3) is 0 Å². The van der Waals surface area contributed by atoms with E-state index in [4.69, 9.17) is 19.3 Å². The van der Waals surface area contributed by atoms with Crippen molar-refractivity contribution < 1.29 is 37.3 Å². The van der Waals surface area contributed by atoms with Gasteiger partial charge in [0.25, 0.3) is 0 Å². The van der Waals surface area contributed by atoms with Crippen LogP contribution < -0.4 is 4.74 Å². The summed E-state index contributed by atoms with van der Waals surface area (Å²) in [5.41, 5.74) is 0.775. The van der Waals surface area contributed by atoms with Crippen LogP contribution in [0, 0.1) is 23.4 Å². The van der Waals surface area contributed by atoms with Gasteiger partial charge in [0.2, 0.25) is 0 Å². The second-order valence-electron chi connectivity index (χ2n) is 7.16. The molecule has 2 aromatic carbocycles. The molecule has 0 aliphatic carbocycles. The first-order chi connectivity index (χ1) is 14.9. The molecule has 1 aliphatic rings. The van der Waals surface area contributed by atoms with Crippen LogP contribution in [0.1, 0.15) is 42.8 Å². The predicted octanol–water partition coefficient (Wildman–Crippen LogP) is 5.33. The van der Waals surface area contributed by atoms with Crippen LogP contribution in [0.5, 0.6) is 5.75 Å². The van der Waals surface area contributed by atoms with Gasteiger partial charge in [-0.1, -0.05) is 30.4 Å². The summed E-state index contributed by atoms with van der Waals surface area (Å²) in [6.07, 6.45) is 2.99. The number of carbonyl (C=O) groups is 1. The van der Waals surface area contributed by atoms with E-state index in [2.05, 4.69) is 0 Å². The molecule has 0 saturated carbocycles. The van der Waals surface area contributed by atoms with Crippen LogP contribution in [0.3, 0.4) is 0 Å². The summed E-state index contributed by atoms with van der Waals surface area (Å²) in [6.45, 7) is 0.206. The van der Waals surface area contributed by atoms with Crippen LogP contribution in [-0.2, 0) is 14.3 Å². The Morgan fingerprint density at radius 1 is 1.19 bits per heavy atom. The molecule has 1 heterocycles. The van der Waals surface area contributed by atoms with Gasteiger partial charge in [0, 0.05) is 23.5 Å². The lowest BCUT2D eigenvalue weighted by atomic mass is 9.91. The van der Waals surface area contributed by atoms with Crippen molar-refractivity contribution in [2.24, 2.45) is 5.92 Å². The van der Waals surface area contributed by atoms with Crippen LogP contribution in [0.4, 0.5) is 13.2 Å². The zero-order valence-corrected chi connectivity index (χ0v) is 16.9. The fraction of sp³-hybridized carbons (Fsp3) is 0.348. The van der Waals surface area contributed by atoms with Crippen molar-refractivity contribution in [3.8, 4) is 5.75 Å². The van der Waals surface area contributed by atoms with Crippen LogP contribution in [-0.4, -0.2) is 24.8 Å². The van der Waals surface area contributed by atoms with E-state index in [1.54, 1.807) is 12.1 Å². The molecule has 0 aromatic heterocycles. The summed E-state index contributed by atoms with van der Waals surface area (Å²) in [5, 5.41) is 8.74. The lowest BCUT2D eigenvalue weighted by Gasteiger charge is -2.37. The highest BCUT2D eigenvalue weighted by molar-refractivity contribution is 5.66. The van der Waals surface area contributed by atoms with Gasteiger partial charge < -0.3 is 19.3 Å². The van der Waals surface area contributed by atoms with E-state index >= 15 is 0 Å². The summed E-state index contributed by atoms with van der Waals surface area (Å²) in [7, 11) is 1.53. The van der Waals surface area contributed by atoms with Gasteiger partial charge in [0.15, 0.2) is 23.7 Å². The SMILES string of the molecule is COc1ccccc1[C@H]1O[C@@H](c2cc(F)c(F)c(F)c2)OC[C@H]1CC=CCCC(=O)O. The normalized spacial score (nSPS) is 21.4. The van der Waals surface area contributed by atoms with Gasteiger partial charge in [-0.15, -0.1) is 0 Å². The highest BCUT2D eigenvalue weighted by atomic mass is 19.2. The fourth-order valence-corrected chi connectivity index (χ4v) is 3.48. The molecule has 31 heavy (non-hydrogen) atoms. The molecule has 0 unspecified atom stereocenters. The highest BCUT2D eigenvalue weighted by Crippen LogP contribution is 2.43. The first-order valence-electron chi connectivity index (χ1n) is 9.82. The number of halogens is 3. The number of ether oxygens (including phenoxy) is 3. The van der Waals surface area contributed by atoms with E-state index in [0.29, 0.717) is 18.6 Å². The van der Waals surface area contributed by atoms with E-state index in [1.165, 1.54) is 7.11 Å². The predicted molar refractivity (Wildman–Crippen MR) is 106 cm³/mol. The maximum atomic E-state index is 13.7. The molecule has 1 saturated heterocycles. The first kappa shape index (κ1) is 22.8. The first-order valence-corrected chi connectivity index (χ1v) is 9.82. The number of aliphatic carboxylic acids is 1.